The summed E-state index contributed by atoms with van der Waals surface area (Å²) in [4.78, 5) is 0. The normalized spacial score (nSPS) is 18.4. The fourth-order valence-corrected chi connectivity index (χ4v) is 4.20. The van der Waals surface area contributed by atoms with Crippen molar-refractivity contribution in [2.75, 3.05) is 18.5 Å². The summed E-state index contributed by atoms with van der Waals surface area (Å²) in [7, 11) is 0. The van der Waals surface area contributed by atoms with Crippen LogP contribution in [0.25, 0.3) is 0 Å². The average molecular weight is 460 g/mol. The highest BCUT2D eigenvalue weighted by Crippen LogP contribution is 2.44. The highest BCUT2D eigenvalue weighted by atomic mass is 19.1. The van der Waals surface area contributed by atoms with Crippen molar-refractivity contribution in [3.8, 4) is 18.1 Å². The van der Waals surface area contributed by atoms with Crippen molar-refractivity contribution in [2.24, 2.45) is 0 Å². The molecule has 0 aromatic heterocycles. The second-order valence-electron chi connectivity index (χ2n) is 8.90. The molecule has 0 radical (unpaired) electrons. The van der Waals surface area contributed by atoms with Gasteiger partial charge in [0.15, 0.2) is 0 Å². The Morgan fingerprint density at radius 2 is 1.76 bits per heavy atom. The Hall–Kier alpha value is -3.33. The molecule has 34 heavy (non-hydrogen) atoms. The van der Waals surface area contributed by atoms with E-state index in [4.69, 9.17) is 20.6 Å². The van der Waals surface area contributed by atoms with Gasteiger partial charge >= 0.3 is 0 Å². The van der Waals surface area contributed by atoms with Crippen LogP contribution in [0.4, 0.5) is 10.1 Å². The Morgan fingerprint density at radius 1 is 1.00 bits per heavy atom. The van der Waals surface area contributed by atoms with Gasteiger partial charge in [-0.3, -0.25) is 0 Å². The predicted molar refractivity (Wildman–Crippen MR) is 132 cm³/mol. The van der Waals surface area contributed by atoms with E-state index in [9.17, 15) is 4.39 Å². The number of terminal acetylenes is 1. The summed E-state index contributed by atoms with van der Waals surface area (Å²) in [6.45, 7) is 5.26. The van der Waals surface area contributed by atoms with Crippen molar-refractivity contribution in [2.45, 2.75) is 44.6 Å². The first kappa shape index (κ1) is 23.8. The van der Waals surface area contributed by atoms with E-state index >= 15 is 0 Å². The lowest BCUT2D eigenvalue weighted by atomic mass is 9.87. The highest BCUT2D eigenvalue weighted by Gasteiger charge is 2.45. The van der Waals surface area contributed by atoms with E-state index in [1.165, 1.54) is 17.7 Å². The minimum atomic E-state index is -0.621. The molecule has 2 unspecified atom stereocenters. The lowest BCUT2D eigenvalue weighted by Crippen LogP contribution is -2.51. The van der Waals surface area contributed by atoms with Crippen molar-refractivity contribution in [1.29, 1.82) is 0 Å². The van der Waals surface area contributed by atoms with Crippen LogP contribution in [-0.4, -0.2) is 24.9 Å². The van der Waals surface area contributed by atoms with Crippen LogP contribution in [0, 0.1) is 18.2 Å². The Labute approximate surface area is 201 Å². The van der Waals surface area contributed by atoms with Crippen molar-refractivity contribution in [3.05, 3.63) is 95.3 Å². The third kappa shape index (κ3) is 5.77. The second kappa shape index (κ2) is 10.7. The van der Waals surface area contributed by atoms with Gasteiger partial charge in [-0.15, -0.1) is 6.42 Å². The van der Waals surface area contributed by atoms with Gasteiger partial charge in [0.25, 0.3) is 0 Å². The van der Waals surface area contributed by atoms with Crippen molar-refractivity contribution >= 4 is 5.69 Å². The molecule has 0 bridgehead atoms. The maximum absolute atomic E-state index is 13.2. The summed E-state index contributed by atoms with van der Waals surface area (Å²) in [5.74, 6) is 3.08. The molecule has 0 spiro atoms. The summed E-state index contributed by atoms with van der Waals surface area (Å²) in [5.41, 5.74) is 3.41. The van der Waals surface area contributed by atoms with E-state index in [-0.39, 0.29) is 24.6 Å². The summed E-state index contributed by atoms with van der Waals surface area (Å²) in [6, 6.07) is 22.7. The topological polar surface area (TPSA) is 39.7 Å². The fraction of sp³-hybridized carbons (Fsp3) is 0.310. The lowest BCUT2D eigenvalue weighted by molar-refractivity contribution is -0.156. The smallest absolute Gasteiger partial charge is 0.132 e. The van der Waals surface area contributed by atoms with Gasteiger partial charge in [0, 0.05) is 17.8 Å². The van der Waals surface area contributed by atoms with Gasteiger partial charge in [-0.05, 0) is 61.7 Å². The van der Waals surface area contributed by atoms with Crippen LogP contribution in [-0.2, 0) is 22.4 Å². The molecule has 4 nitrogen and oxygen atoms in total. The number of benzene rings is 3. The van der Waals surface area contributed by atoms with E-state index in [1.54, 1.807) is 12.1 Å². The van der Waals surface area contributed by atoms with E-state index in [0.717, 1.165) is 29.0 Å². The Morgan fingerprint density at radius 3 is 2.50 bits per heavy atom. The largest absolute Gasteiger partial charge is 0.485 e. The van der Waals surface area contributed by atoms with Gasteiger partial charge in [0.1, 0.15) is 36.0 Å². The van der Waals surface area contributed by atoms with Crippen molar-refractivity contribution < 1.29 is 18.6 Å². The maximum Gasteiger partial charge on any atom is 0.132 e. The van der Waals surface area contributed by atoms with Crippen molar-refractivity contribution in [3.63, 3.8) is 0 Å². The van der Waals surface area contributed by atoms with Gasteiger partial charge < -0.3 is 19.5 Å². The number of nitrogens with one attached hydrogen (secondary N) is 1. The van der Waals surface area contributed by atoms with Crippen LogP contribution in [0.3, 0.4) is 0 Å². The fourth-order valence-electron chi connectivity index (χ4n) is 4.20. The molecule has 0 saturated carbocycles. The van der Waals surface area contributed by atoms with Gasteiger partial charge in [-0.25, -0.2) is 4.39 Å². The molecular formula is C29H30FNO3. The van der Waals surface area contributed by atoms with Gasteiger partial charge in [0.05, 0.1) is 6.61 Å². The average Bonchev–Trinajstić information content (AvgIpc) is 2.83. The maximum atomic E-state index is 13.2. The molecule has 3 aromatic carbocycles. The minimum Gasteiger partial charge on any atom is -0.485 e. The lowest BCUT2D eigenvalue weighted by Gasteiger charge is -2.44. The Kier molecular flexibility index (Phi) is 7.52. The molecule has 1 heterocycles. The van der Waals surface area contributed by atoms with E-state index in [1.807, 2.05) is 50.2 Å². The molecule has 2 atom stereocenters. The number of hydrogen-bond acceptors (Lipinski definition) is 4. The zero-order valence-electron chi connectivity index (χ0n) is 19.6. The summed E-state index contributed by atoms with van der Waals surface area (Å²) in [6.07, 6.45) is 5.56. The number of halogens is 1. The number of anilines is 1. The molecule has 0 amide bonds. The van der Waals surface area contributed by atoms with Gasteiger partial charge in [-0.2, -0.15) is 0 Å². The molecule has 1 N–H and O–H groups in total. The second-order valence-corrected chi connectivity index (χ2v) is 8.90. The Bertz CT molecular complexity index is 1120. The molecule has 3 aromatic rings. The van der Waals surface area contributed by atoms with Crippen LogP contribution in [0.1, 0.15) is 36.6 Å². The number of hydrogen-bond donors (Lipinski definition) is 1. The SMILES string of the molecule is C#CCOC1C(OCCc2ccccc2)c2cc(NCc3ccc(F)cc3)ccc2OC1(C)C. The molecule has 1 aliphatic heterocycles. The molecule has 176 valence electrons. The number of fused-ring (bicyclic) bond motifs is 1. The van der Waals surface area contributed by atoms with E-state index in [2.05, 4.69) is 23.4 Å². The standard InChI is InChI=1S/C29H30FNO3/c1-4-17-33-28-27(32-18-16-21-8-6-5-7-9-21)25-19-24(14-15-26(25)34-29(28,2)3)31-20-22-10-12-23(30)13-11-22/h1,5-15,19,27-28,31H,16-18,20H2,2-3H3. The first-order valence-corrected chi connectivity index (χ1v) is 11.5. The minimum absolute atomic E-state index is 0.174. The van der Waals surface area contributed by atoms with Crippen LogP contribution in [0.5, 0.6) is 5.75 Å². The first-order chi connectivity index (χ1) is 16.5. The Balaban J connectivity index is 1.55. The van der Waals surface area contributed by atoms with Crippen LogP contribution in [0.15, 0.2) is 72.8 Å². The quantitative estimate of drug-likeness (QED) is 0.403. The molecule has 4 rings (SSSR count). The van der Waals surface area contributed by atoms with Crippen molar-refractivity contribution in [1.82, 2.24) is 0 Å². The molecule has 0 saturated heterocycles. The number of rotatable bonds is 9. The number of ether oxygens (including phenoxy) is 3. The molecule has 0 aliphatic carbocycles. The summed E-state index contributed by atoms with van der Waals surface area (Å²) < 4.78 is 32.0. The summed E-state index contributed by atoms with van der Waals surface area (Å²) in [5, 5.41) is 3.41. The molecule has 0 fully saturated rings. The first-order valence-electron chi connectivity index (χ1n) is 11.5. The van der Waals surface area contributed by atoms with Crippen LogP contribution in [0.2, 0.25) is 0 Å². The van der Waals surface area contributed by atoms with Gasteiger partial charge in [0.2, 0.25) is 0 Å². The zero-order chi connectivity index (χ0) is 24.0. The third-order valence-corrected chi connectivity index (χ3v) is 5.94. The highest BCUT2D eigenvalue weighted by molar-refractivity contribution is 5.54. The molecule has 5 heteroatoms. The molecular weight excluding hydrogens is 429 g/mol. The zero-order valence-corrected chi connectivity index (χ0v) is 19.6. The monoisotopic (exact) mass is 459 g/mol. The van der Waals surface area contributed by atoms with E-state index in [0.29, 0.717) is 13.2 Å². The van der Waals surface area contributed by atoms with Crippen LogP contribution < -0.4 is 10.1 Å². The molecule has 1 aliphatic rings. The van der Waals surface area contributed by atoms with E-state index < -0.39 is 5.60 Å². The summed E-state index contributed by atoms with van der Waals surface area (Å²) >= 11 is 0. The van der Waals surface area contributed by atoms with Crippen LogP contribution >= 0.6 is 0 Å². The third-order valence-electron chi connectivity index (χ3n) is 5.94. The predicted octanol–water partition coefficient (Wildman–Crippen LogP) is 5.93. The van der Waals surface area contributed by atoms with Gasteiger partial charge in [-0.1, -0.05) is 48.4 Å².